The van der Waals surface area contributed by atoms with Crippen LogP contribution in [0.4, 0.5) is 11.6 Å². The molecule has 96 valence electrons. The minimum Gasteiger partial charge on any atom is -0.357 e. The van der Waals surface area contributed by atoms with Crippen molar-refractivity contribution in [1.29, 1.82) is 0 Å². The van der Waals surface area contributed by atoms with Gasteiger partial charge in [0.2, 0.25) is 11.9 Å². The van der Waals surface area contributed by atoms with Crippen LogP contribution in [0.5, 0.6) is 0 Å². The number of carbonyl (C=O) groups is 1. The minimum atomic E-state index is 0.0831. The standard InChI is InChI=1S/C14H14N4O/c1-15-14-16-7-6-12(18-14)9-2-4-11-10(8-9)3-5-13(19)17-11/h2,4,6-8H,3,5H2,1H3,(H,17,19)(H,15,16,18). The molecule has 3 rings (SSSR count). The Bertz CT molecular complexity index is 639. The van der Waals surface area contributed by atoms with Crippen LogP contribution >= 0.6 is 0 Å². The van der Waals surface area contributed by atoms with Crippen molar-refractivity contribution in [2.75, 3.05) is 17.7 Å². The number of aryl methyl sites for hydroxylation is 1. The molecular formula is C14H14N4O. The quantitative estimate of drug-likeness (QED) is 0.861. The molecule has 0 bridgehead atoms. The van der Waals surface area contributed by atoms with E-state index in [4.69, 9.17) is 0 Å². The Balaban J connectivity index is 1.99. The molecule has 2 N–H and O–H groups in total. The number of aromatic nitrogens is 2. The van der Waals surface area contributed by atoms with Crippen molar-refractivity contribution in [3.8, 4) is 11.3 Å². The van der Waals surface area contributed by atoms with Crippen LogP contribution in [0.15, 0.2) is 30.5 Å². The van der Waals surface area contributed by atoms with E-state index in [1.165, 1.54) is 0 Å². The summed E-state index contributed by atoms with van der Waals surface area (Å²) in [5.41, 5.74) is 3.97. The van der Waals surface area contributed by atoms with E-state index in [-0.39, 0.29) is 5.91 Å². The van der Waals surface area contributed by atoms with Crippen molar-refractivity contribution in [3.63, 3.8) is 0 Å². The van der Waals surface area contributed by atoms with Gasteiger partial charge in [0.25, 0.3) is 0 Å². The van der Waals surface area contributed by atoms with Gasteiger partial charge >= 0.3 is 0 Å². The summed E-state index contributed by atoms with van der Waals surface area (Å²) in [6, 6.07) is 7.86. The van der Waals surface area contributed by atoms with Crippen LogP contribution in [0.25, 0.3) is 11.3 Å². The Hall–Kier alpha value is -2.43. The molecule has 0 radical (unpaired) electrons. The average Bonchev–Trinajstić information content (AvgIpc) is 2.46. The molecule has 2 heterocycles. The summed E-state index contributed by atoms with van der Waals surface area (Å²) < 4.78 is 0. The van der Waals surface area contributed by atoms with Crippen molar-refractivity contribution in [1.82, 2.24) is 9.97 Å². The molecule has 1 aromatic heterocycles. The first-order chi connectivity index (χ1) is 9.26. The Morgan fingerprint density at radius 2 is 2.16 bits per heavy atom. The maximum atomic E-state index is 11.3. The Morgan fingerprint density at radius 1 is 1.26 bits per heavy atom. The molecule has 0 spiro atoms. The number of hydrogen-bond acceptors (Lipinski definition) is 4. The van der Waals surface area contributed by atoms with Crippen LogP contribution in [-0.4, -0.2) is 22.9 Å². The second-order valence-electron chi connectivity index (χ2n) is 4.44. The molecule has 0 saturated heterocycles. The number of fused-ring (bicyclic) bond motifs is 1. The lowest BCUT2D eigenvalue weighted by Crippen LogP contribution is -2.18. The number of nitrogens with one attached hydrogen (secondary N) is 2. The summed E-state index contributed by atoms with van der Waals surface area (Å²) >= 11 is 0. The third-order valence-corrected chi connectivity index (χ3v) is 3.18. The van der Waals surface area contributed by atoms with Crippen LogP contribution in [0, 0.1) is 0 Å². The average molecular weight is 254 g/mol. The third-order valence-electron chi connectivity index (χ3n) is 3.18. The molecular weight excluding hydrogens is 240 g/mol. The lowest BCUT2D eigenvalue weighted by Gasteiger charge is -2.17. The molecule has 0 fully saturated rings. The van der Waals surface area contributed by atoms with E-state index >= 15 is 0 Å². The molecule has 2 aromatic rings. The fraction of sp³-hybridized carbons (Fsp3) is 0.214. The van der Waals surface area contributed by atoms with Crippen LogP contribution in [0.1, 0.15) is 12.0 Å². The summed E-state index contributed by atoms with van der Waals surface area (Å²) in [5.74, 6) is 0.684. The second-order valence-corrected chi connectivity index (χ2v) is 4.44. The highest BCUT2D eigenvalue weighted by atomic mass is 16.1. The van der Waals surface area contributed by atoms with Gasteiger partial charge in [-0.1, -0.05) is 6.07 Å². The zero-order valence-electron chi connectivity index (χ0n) is 10.6. The van der Waals surface area contributed by atoms with Crippen molar-refractivity contribution < 1.29 is 4.79 Å². The van der Waals surface area contributed by atoms with Gasteiger partial charge in [-0.2, -0.15) is 0 Å². The molecule has 5 heteroatoms. The number of anilines is 2. The number of nitrogens with zero attached hydrogens (tertiary/aromatic N) is 2. The fourth-order valence-electron chi connectivity index (χ4n) is 2.18. The molecule has 0 unspecified atom stereocenters. The van der Waals surface area contributed by atoms with E-state index in [9.17, 15) is 4.79 Å². The van der Waals surface area contributed by atoms with Gasteiger partial charge in [-0.05, 0) is 30.2 Å². The lowest BCUT2D eigenvalue weighted by molar-refractivity contribution is -0.116. The SMILES string of the molecule is CNc1nccc(-c2ccc3c(c2)CCC(=O)N3)n1. The maximum Gasteiger partial charge on any atom is 0.224 e. The Morgan fingerprint density at radius 3 is 3.00 bits per heavy atom. The van der Waals surface area contributed by atoms with Gasteiger partial charge in [0, 0.05) is 30.9 Å². The van der Waals surface area contributed by atoms with Crippen molar-refractivity contribution in [2.24, 2.45) is 0 Å². The lowest BCUT2D eigenvalue weighted by atomic mass is 9.99. The van der Waals surface area contributed by atoms with E-state index in [1.54, 1.807) is 13.2 Å². The van der Waals surface area contributed by atoms with Gasteiger partial charge in [-0.15, -0.1) is 0 Å². The molecule has 5 nitrogen and oxygen atoms in total. The largest absolute Gasteiger partial charge is 0.357 e. The summed E-state index contributed by atoms with van der Waals surface area (Å²) in [6.07, 6.45) is 3.05. The molecule has 0 atom stereocenters. The topological polar surface area (TPSA) is 66.9 Å². The van der Waals surface area contributed by atoms with Gasteiger partial charge < -0.3 is 10.6 Å². The molecule has 19 heavy (non-hydrogen) atoms. The van der Waals surface area contributed by atoms with Crippen molar-refractivity contribution >= 4 is 17.5 Å². The number of amides is 1. The van der Waals surface area contributed by atoms with Crippen molar-refractivity contribution in [3.05, 3.63) is 36.0 Å². The van der Waals surface area contributed by atoms with E-state index < -0.39 is 0 Å². The highest BCUT2D eigenvalue weighted by Gasteiger charge is 2.15. The first kappa shape index (κ1) is 11.6. The Labute approximate surface area is 111 Å². The van der Waals surface area contributed by atoms with Gasteiger partial charge in [-0.25, -0.2) is 9.97 Å². The second kappa shape index (κ2) is 4.68. The fourth-order valence-corrected chi connectivity index (χ4v) is 2.18. The highest BCUT2D eigenvalue weighted by Crippen LogP contribution is 2.27. The van der Waals surface area contributed by atoms with E-state index in [1.807, 2.05) is 18.2 Å². The van der Waals surface area contributed by atoms with E-state index in [0.29, 0.717) is 12.4 Å². The van der Waals surface area contributed by atoms with E-state index in [2.05, 4.69) is 26.7 Å². The molecule has 1 aromatic carbocycles. The normalized spacial score (nSPS) is 13.6. The molecule has 0 saturated carbocycles. The predicted octanol–water partition coefficient (Wildman–Crippen LogP) is 2.07. The third kappa shape index (κ3) is 2.27. The summed E-state index contributed by atoms with van der Waals surface area (Å²) in [7, 11) is 1.79. The molecule has 1 aliphatic rings. The number of rotatable bonds is 2. The smallest absolute Gasteiger partial charge is 0.224 e. The zero-order chi connectivity index (χ0) is 13.2. The minimum absolute atomic E-state index is 0.0831. The predicted molar refractivity (Wildman–Crippen MR) is 74.0 cm³/mol. The summed E-state index contributed by atoms with van der Waals surface area (Å²) in [6.45, 7) is 0. The summed E-state index contributed by atoms with van der Waals surface area (Å²) in [5, 5.41) is 5.80. The molecule has 0 aliphatic carbocycles. The first-order valence-electron chi connectivity index (χ1n) is 6.20. The highest BCUT2D eigenvalue weighted by molar-refractivity contribution is 5.94. The van der Waals surface area contributed by atoms with Crippen LogP contribution in [-0.2, 0) is 11.2 Å². The Kier molecular flexibility index (Phi) is 2.87. The van der Waals surface area contributed by atoms with E-state index in [0.717, 1.165) is 28.9 Å². The maximum absolute atomic E-state index is 11.3. The van der Waals surface area contributed by atoms with Gasteiger partial charge in [-0.3, -0.25) is 4.79 Å². The number of hydrogen-bond donors (Lipinski definition) is 2. The van der Waals surface area contributed by atoms with Crippen LogP contribution in [0.3, 0.4) is 0 Å². The molecule has 1 amide bonds. The van der Waals surface area contributed by atoms with Crippen molar-refractivity contribution in [2.45, 2.75) is 12.8 Å². The van der Waals surface area contributed by atoms with Gasteiger partial charge in [0.1, 0.15) is 0 Å². The monoisotopic (exact) mass is 254 g/mol. The van der Waals surface area contributed by atoms with Crippen LogP contribution in [0.2, 0.25) is 0 Å². The number of carbonyl (C=O) groups excluding carboxylic acids is 1. The zero-order valence-corrected chi connectivity index (χ0v) is 10.6. The first-order valence-corrected chi connectivity index (χ1v) is 6.20. The summed E-state index contributed by atoms with van der Waals surface area (Å²) in [4.78, 5) is 19.8. The van der Waals surface area contributed by atoms with Gasteiger partial charge in [0.15, 0.2) is 0 Å². The van der Waals surface area contributed by atoms with Crippen LogP contribution < -0.4 is 10.6 Å². The number of benzene rings is 1. The van der Waals surface area contributed by atoms with Gasteiger partial charge in [0.05, 0.1) is 5.69 Å². The molecule has 1 aliphatic heterocycles.